The minimum atomic E-state index is -0.516. The second-order valence-electron chi connectivity index (χ2n) is 1.66. The first-order valence-corrected chi connectivity index (χ1v) is 3.94. The summed E-state index contributed by atoms with van der Waals surface area (Å²) in [4.78, 5) is 22.6. The molecule has 0 aromatic rings. The van der Waals surface area contributed by atoms with Gasteiger partial charge in [0.25, 0.3) is 0 Å². The van der Waals surface area contributed by atoms with E-state index in [1.807, 2.05) is 0 Å². The Morgan fingerprint density at radius 3 is 2.58 bits per heavy atom. The van der Waals surface area contributed by atoms with E-state index in [0.29, 0.717) is 0 Å². The van der Waals surface area contributed by atoms with Gasteiger partial charge in [-0.25, -0.2) is 4.79 Å². The zero-order chi connectivity index (χ0) is 9.40. The summed E-state index contributed by atoms with van der Waals surface area (Å²) in [6.45, 7) is 0. The van der Waals surface area contributed by atoms with Gasteiger partial charge in [-0.3, -0.25) is 4.79 Å². The number of methoxy groups -OCH3 is 1. The van der Waals surface area contributed by atoms with Crippen molar-refractivity contribution < 1.29 is 14.3 Å². The summed E-state index contributed by atoms with van der Waals surface area (Å²) in [5.41, 5.74) is 0. The molecule has 1 N–H and O–H groups in total. The highest BCUT2D eigenvalue weighted by Gasteiger charge is 1.91. The Hall–Kier alpha value is -1.10. The number of amides is 1. The average Bonchev–Trinajstić information content (AvgIpc) is 2.04. The molecule has 1 amide bonds. The van der Waals surface area contributed by atoms with Gasteiger partial charge in [0.1, 0.15) is 0 Å². The van der Waals surface area contributed by atoms with Gasteiger partial charge >= 0.3 is 5.97 Å². The summed E-state index contributed by atoms with van der Waals surface area (Å²) in [5, 5.41) is 2.31. The molecule has 5 heteroatoms. The molecule has 0 saturated carbocycles. The van der Waals surface area contributed by atoms with Gasteiger partial charge in [-0.05, 0) is 4.99 Å². The van der Waals surface area contributed by atoms with Crippen LogP contribution < -0.4 is 5.32 Å². The molecule has 0 rings (SSSR count). The number of nitrogens with one attached hydrogen (secondary N) is 1. The Labute approximate surface area is 78.4 Å². The molecular formula is C7H8BrNO3. The van der Waals surface area contributed by atoms with Crippen molar-refractivity contribution in [3.8, 4) is 0 Å². The molecule has 0 aromatic carbocycles. The number of hydrogen-bond donors (Lipinski definition) is 1. The third-order valence-electron chi connectivity index (χ3n) is 0.861. The molecule has 0 unspecified atom stereocenters. The summed E-state index contributed by atoms with van der Waals surface area (Å²) in [5.74, 6) is -0.842. The molecular weight excluding hydrogens is 226 g/mol. The molecule has 12 heavy (non-hydrogen) atoms. The lowest BCUT2D eigenvalue weighted by molar-refractivity contribution is -0.134. The molecule has 0 saturated heterocycles. The van der Waals surface area contributed by atoms with Crippen molar-refractivity contribution >= 4 is 27.8 Å². The predicted molar refractivity (Wildman–Crippen MR) is 47.4 cm³/mol. The summed E-state index contributed by atoms with van der Waals surface area (Å²) in [7, 11) is 1.26. The quantitative estimate of drug-likeness (QED) is 0.577. The predicted octanol–water partition coefficient (Wildman–Crippen LogP) is 0.698. The van der Waals surface area contributed by atoms with Crippen LogP contribution in [0.5, 0.6) is 0 Å². The zero-order valence-corrected chi connectivity index (χ0v) is 8.00. The van der Waals surface area contributed by atoms with Crippen molar-refractivity contribution in [2.45, 2.75) is 0 Å². The number of halogens is 1. The monoisotopic (exact) mass is 233 g/mol. The maximum absolute atomic E-state index is 10.7. The van der Waals surface area contributed by atoms with Gasteiger partial charge in [0.15, 0.2) is 0 Å². The molecule has 0 atom stereocenters. The summed E-state index contributed by atoms with van der Waals surface area (Å²) in [6, 6.07) is 0. The number of rotatable bonds is 3. The van der Waals surface area contributed by atoms with Crippen LogP contribution in [0.4, 0.5) is 0 Å². The Kier molecular flexibility index (Phi) is 6.00. The molecule has 0 heterocycles. The normalized spacial score (nSPS) is 10.5. The molecule has 4 nitrogen and oxygen atoms in total. The van der Waals surface area contributed by atoms with E-state index in [2.05, 4.69) is 26.0 Å². The standard InChI is InChI=1S/C7H8BrNO3/c1-12-7(11)3-5-9-6(10)2-4-8/h2-5H,1H3,(H,9,10)/b4-2-,5-3-. The largest absolute Gasteiger partial charge is 0.466 e. The number of hydrogen-bond acceptors (Lipinski definition) is 3. The SMILES string of the molecule is COC(=O)/C=C\NC(=O)/C=C\Br. The highest BCUT2D eigenvalue weighted by molar-refractivity contribution is 9.11. The first-order chi connectivity index (χ1) is 5.70. The van der Waals surface area contributed by atoms with Crippen LogP contribution in [0.2, 0.25) is 0 Å². The van der Waals surface area contributed by atoms with E-state index in [4.69, 9.17) is 0 Å². The Morgan fingerprint density at radius 2 is 2.08 bits per heavy atom. The number of esters is 1. The van der Waals surface area contributed by atoms with Crippen LogP contribution in [0.25, 0.3) is 0 Å². The van der Waals surface area contributed by atoms with Crippen LogP contribution >= 0.6 is 15.9 Å². The minimum Gasteiger partial charge on any atom is -0.466 e. The van der Waals surface area contributed by atoms with Gasteiger partial charge in [-0.15, -0.1) is 0 Å². The molecule has 0 spiro atoms. The van der Waals surface area contributed by atoms with Crippen molar-refractivity contribution in [3.05, 3.63) is 23.3 Å². The minimum absolute atomic E-state index is 0.327. The van der Waals surface area contributed by atoms with E-state index in [9.17, 15) is 9.59 Å². The van der Waals surface area contributed by atoms with Crippen molar-refractivity contribution in [2.75, 3.05) is 7.11 Å². The lowest BCUT2D eigenvalue weighted by Crippen LogP contribution is -2.13. The molecule has 0 fully saturated rings. The lowest BCUT2D eigenvalue weighted by atomic mass is 10.5. The van der Waals surface area contributed by atoms with E-state index in [1.165, 1.54) is 24.4 Å². The second kappa shape index (κ2) is 6.60. The van der Waals surface area contributed by atoms with E-state index in [-0.39, 0.29) is 5.91 Å². The van der Waals surface area contributed by atoms with Gasteiger partial charge in [0, 0.05) is 18.4 Å². The van der Waals surface area contributed by atoms with Crippen LogP contribution in [-0.2, 0) is 14.3 Å². The highest BCUT2D eigenvalue weighted by atomic mass is 79.9. The third-order valence-corrected chi connectivity index (χ3v) is 1.12. The maximum atomic E-state index is 10.7. The molecule has 0 aliphatic rings. The van der Waals surface area contributed by atoms with Gasteiger partial charge in [0.2, 0.25) is 5.91 Å². The molecule has 0 radical (unpaired) electrons. The van der Waals surface area contributed by atoms with Crippen LogP contribution in [0.1, 0.15) is 0 Å². The molecule has 0 aliphatic heterocycles. The fraction of sp³-hybridized carbons (Fsp3) is 0.143. The fourth-order valence-corrected chi connectivity index (χ4v) is 0.605. The number of ether oxygens (including phenoxy) is 1. The number of carbonyl (C=O) groups is 2. The maximum Gasteiger partial charge on any atom is 0.331 e. The first-order valence-electron chi connectivity index (χ1n) is 3.02. The summed E-state index contributed by atoms with van der Waals surface area (Å²) < 4.78 is 4.29. The Balaban J connectivity index is 3.74. The van der Waals surface area contributed by atoms with Gasteiger partial charge in [-0.2, -0.15) is 0 Å². The van der Waals surface area contributed by atoms with Gasteiger partial charge in [-0.1, -0.05) is 15.9 Å². The Morgan fingerprint density at radius 1 is 1.42 bits per heavy atom. The van der Waals surface area contributed by atoms with Crippen molar-refractivity contribution in [1.82, 2.24) is 5.32 Å². The first kappa shape index (κ1) is 10.9. The van der Waals surface area contributed by atoms with Crippen LogP contribution in [0.15, 0.2) is 23.3 Å². The highest BCUT2D eigenvalue weighted by Crippen LogP contribution is 1.82. The zero-order valence-electron chi connectivity index (χ0n) is 6.41. The average molecular weight is 234 g/mol. The molecule has 0 aliphatic carbocycles. The number of carbonyl (C=O) groups excluding carboxylic acids is 2. The fourth-order valence-electron chi connectivity index (χ4n) is 0.365. The lowest BCUT2D eigenvalue weighted by Gasteiger charge is -1.91. The summed E-state index contributed by atoms with van der Waals surface area (Å²) >= 11 is 2.93. The van der Waals surface area contributed by atoms with E-state index >= 15 is 0 Å². The van der Waals surface area contributed by atoms with E-state index < -0.39 is 5.97 Å². The third kappa shape index (κ3) is 5.67. The van der Waals surface area contributed by atoms with Gasteiger partial charge in [0.05, 0.1) is 7.11 Å². The van der Waals surface area contributed by atoms with Crippen LogP contribution in [0, 0.1) is 0 Å². The van der Waals surface area contributed by atoms with E-state index in [0.717, 1.165) is 6.08 Å². The Bertz CT molecular complexity index is 223. The van der Waals surface area contributed by atoms with Crippen LogP contribution in [0.3, 0.4) is 0 Å². The molecule has 0 bridgehead atoms. The van der Waals surface area contributed by atoms with E-state index in [1.54, 1.807) is 0 Å². The molecule has 66 valence electrons. The van der Waals surface area contributed by atoms with Crippen molar-refractivity contribution in [1.29, 1.82) is 0 Å². The summed E-state index contributed by atoms with van der Waals surface area (Å²) in [6.07, 6.45) is 3.59. The van der Waals surface area contributed by atoms with Crippen molar-refractivity contribution in [3.63, 3.8) is 0 Å². The smallest absolute Gasteiger partial charge is 0.331 e. The van der Waals surface area contributed by atoms with Gasteiger partial charge < -0.3 is 10.1 Å². The molecule has 0 aromatic heterocycles. The van der Waals surface area contributed by atoms with Crippen LogP contribution in [-0.4, -0.2) is 19.0 Å². The van der Waals surface area contributed by atoms with Crippen molar-refractivity contribution in [2.24, 2.45) is 0 Å². The topological polar surface area (TPSA) is 55.4 Å². The second-order valence-corrected chi connectivity index (χ2v) is 2.19.